The highest BCUT2D eigenvalue weighted by molar-refractivity contribution is 7.10. The lowest BCUT2D eigenvalue weighted by molar-refractivity contribution is -0.174. The molecule has 1 atom stereocenters. The molecule has 2 N–H and O–H groups in total. The van der Waals surface area contributed by atoms with Crippen molar-refractivity contribution in [2.24, 2.45) is 5.73 Å². The average Bonchev–Trinajstić information content (AvgIpc) is 2.57. The summed E-state index contributed by atoms with van der Waals surface area (Å²) in [6.45, 7) is 0.777. The van der Waals surface area contributed by atoms with E-state index in [0.717, 1.165) is 10.4 Å². The van der Waals surface area contributed by atoms with E-state index in [9.17, 15) is 13.2 Å². The topological polar surface area (TPSA) is 35.2 Å². The maximum Gasteiger partial charge on any atom is 0.411 e. The van der Waals surface area contributed by atoms with E-state index in [2.05, 4.69) is 4.74 Å². The number of halogens is 3. The third-order valence-corrected chi connectivity index (χ3v) is 2.90. The molecule has 1 aromatic rings. The molecule has 2 nitrogen and oxygen atoms in total. The molecule has 0 fully saturated rings. The second-order valence-electron chi connectivity index (χ2n) is 3.55. The molecule has 0 aliphatic heterocycles. The highest BCUT2D eigenvalue weighted by atomic mass is 32.1. The van der Waals surface area contributed by atoms with Gasteiger partial charge in [-0.15, -0.1) is 11.3 Å². The molecular weight excluding hydrogens is 239 g/mol. The van der Waals surface area contributed by atoms with Crippen LogP contribution in [0.15, 0.2) is 11.4 Å². The number of aryl methyl sites for hydroxylation is 1. The van der Waals surface area contributed by atoms with Gasteiger partial charge in [0.15, 0.2) is 0 Å². The summed E-state index contributed by atoms with van der Waals surface area (Å²) in [6, 6.07) is 1.69. The van der Waals surface area contributed by atoms with E-state index >= 15 is 0 Å². The first-order chi connectivity index (χ1) is 7.38. The van der Waals surface area contributed by atoms with Crippen molar-refractivity contribution >= 4 is 11.3 Å². The quantitative estimate of drug-likeness (QED) is 0.819. The first-order valence-corrected chi connectivity index (χ1v) is 5.71. The van der Waals surface area contributed by atoms with Crippen LogP contribution in [0.5, 0.6) is 0 Å². The molecular formula is C10H14F3NOS. The zero-order valence-corrected chi connectivity index (χ0v) is 9.70. The van der Waals surface area contributed by atoms with Crippen molar-refractivity contribution < 1.29 is 17.9 Å². The Balaban J connectivity index is 2.23. The van der Waals surface area contributed by atoms with Gasteiger partial charge in [0, 0.05) is 17.5 Å². The van der Waals surface area contributed by atoms with Crippen LogP contribution in [0.4, 0.5) is 13.2 Å². The van der Waals surface area contributed by atoms with Gasteiger partial charge in [-0.3, -0.25) is 0 Å². The summed E-state index contributed by atoms with van der Waals surface area (Å²) in [6.07, 6.45) is -3.87. The van der Waals surface area contributed by atoms with Gasteiger partial charge < -0.3 is 10.5 Å². The van der Waals surface area contributed by atoms with Gasteiger partial charge in [-0.2, -0.15) is 13.2 Å². The number of hydrogen-bond acceptors (Lipinski definition) is 3. The van der Waals surface area contributed by atoms with Crippen molar-refractivity contribution in [3.8, 4) is 0 Å². The van der Waals surface area contributed by atoms with Gasteiger partial charge in [0.05, 0.1) is 0 Å². The van der Waals surface area contributed by atoms with Gasteiger partial charge in [0.1, 0.15) is 6.61 Å². The van der Waals surface area contributed by atoms with Crippen LogP contribution in [0.25, 0.3) is 0 Å². The molecule has 16 heavy (non-hydrogen) atoms. The van der Waals surface area contributed by atoms with Crippen molar-refractivity contribution in [1.82, 2.24) is 0 Å². The largest absolute Gasteiger partial charge is 0.411 e. The molecule has 0 amide bonds. The Morgan fingerprint density at radius 3 is 2.69 bits per heavy atom. The Labute approximate surface area is 96.2 Å². The van der Waals surface area contributed by atoms with Gasteiger partial charge >= 0.3 is 6.18 Å². The summed E-state index contributed by atoms with van der Waals surface area (Å²) < 4.78 is 39.8. The second-order valence-corrected chi connectivity index (χ2v) is 4.67. The molecule has 1 aromatic heterocycles. The van der Waals surface area contributed by atoms with E-state index < -0.39 is 12.8 Å². The van der Waals surface area contributed by atoms with Gasteiger partial charge in [0.2, 0.25) is 0 Å². The minimum absolute atomic E-state index is 0.0234. The van der Waals surface area contributed by atoms with E-state index in [1.165, 1.54) is 0 Å². The summed E-state index contributed by atoms with van der Waals surface area (Å²) in [4.78, 5) is 1.14. The summed E-state index contributed by atoms with van der Waals surface area (Å²) in [7, 11) is 0. The molecule has 6 heteroatoms. The fourth-order valence-corrected chi connectivity index (χ4v) is 1.99. The lowest BCUT2D eigenvalue weighted by Crippen LogP contribution is -2.19. The minimum atomic E-state index is -4.26. The Kier molecular flexibility index (Phi) is 4.76. The first-order valence-electron chi connectivity index (χ1n) is 4.83. The zero-order chi connectivity index (χ0) is 12.2. The maximum atomic E-state index is 11.8. The first kappa shape index (κ1) is 13.5. The number of hydrogen-bond donors (Lipinski definition) is 1. The summed E-state index contributed by atoms with van der Waals surface area (Å²) in [5, 5.41) is 1.92. The van der Waals surface area contributed by atoms with Crippen LogP contribution in [-0.4, -0.2) is 19.4 Å². The van der Waals surface area contributed by atoms with Crippen LogP contribution in [0.2, 0.25) is 0 Å². The molecule has 0 radical (unpaired) electrons. The smallest absolute Gasteiger partial charge is 0.372 e. The van der Waals surface area contributed by atoms with Crippen LogP contribution in [0, 0.1) is 6.92 Å². The molecule has 0 saturated carbocycles. The number of ether oxygens (including phenoxy) is 1. The van der Waals surface area contributed by atoms with Crippen LogP contribution in [0.3, 0.4) is 0 Å². The molecule has 0 bridgehead atoms. The van der Waals surface area contributed by atoms with E-state index in [1.54, 1.807) is 11.3 Å². The third kappa shape index (κ3) is 4.96. The second kappa shape index (κ2) is 5.65. The standard InChI is InChI=1S/C10H14F3NOS/c1-7-4-8(5-16-7)9(14)2-3-15-6-10(11,12)13/h4-5,9H,2-3,6,14H2,1H3. The monoisotopic (exact) mass is 253 g/mol. The van der Waals surface area contributed by atoms with Gasteiger partial charge in [-0.05, 0) is 30.4 Å². The van der Waals surface area contributed by atoms with E-state index in [0.29, 0.717) is 6.42 Å². The van der Waals surface area contributed by atoms with Crippen LogP contribution < -0.4 is 5.73 Å². The summed E-state index contributed by atoms with van der Waals surface area (Å²) in [5.41, 5.74) is 6.76. The Morgan fingerprint density at radius 1 is 1.50 bits per heavy atom. The van der Waals surface area contributed by atoms with Crippen molar-refractivity contribution in [2.75, 3.05) is 13.2 Å². The van der Waals surface area contributed by atoms with E-state index in [4.69, 9.17) is 5.73 Å². The highest BCUT2D eigenvalue weighted by Crippen LogP contribution is 2.21. The number of alkyl halides is 3. The fraction of sp³-hybridized carbons (Fsp3) is 0.600. The SMILES string of the molecule is Cc1cc(C(N)CCOCC(F)(F)F)cs1. The molecule has 1 rings (SSSR count). The zero-order valence-electron chi connectivity index (χ0n) is 8.88. The van der Waals surface area contributed by atoms with Crippen molar-refractivity contribution in [3.05, 3.63) is 21.9 Å². The molecule has 0 aliphatic rings. The predicted molar refractivity (Wildman–Crippen MR) is 57.5 cm³/mol. The summed E-state index contributed by atoms with van der Waals surface area (Å²) >= 11 is 1.58. The van der Waals surface area contributed by atoms with Crippen molar-refractivity contribution in [3.63, 3.8) is 0 Å². The number of thiophene rings is 1. The molecule has 0 aromatic carbocycles. The third-order valence-electron chi connectivity index (χ3n) is 2.02. The predicted octanol–water partition coefficient (Wildman–Crippen LogP) is 3.03. The van der Waals surface area contributed by atoms with E-state index in [-0.39, 0.29) is 12.6 Å². The van der Waals surface area contributed by atoms with Crippen molar-refractivity contribution in [1.29, 1.82) is 0 Å². The average molecular weight is 253 g/mol. The Hall–Kier alpha value is -0.590. The lowest BCUT2D eigenvalue weighted by Gasteiger charge is -2.11. The highest BCUT2D eigenvalue weighted by Gasteiger charge is 2.27. The Morgan fingerprint density at radius 2 is 2.19 bits per heavy atom. The molecule has 0 saturated heterocycles. The molecule has 1 unspecified atom stereocenters. The molecule has 0 aliphatic carbocycles. The number of rotatable bonds is 5. The van der Waals surface area contributed by atoms with Crippen LogP contribution in [0.1, 0.15) is 22.9 Å². The number of nitrogens with two attached hydrogens (primary N) is 1. The normalized spacial score (nSPS) is 14.1. The van der Waals surface area contributed by atoms with Gasteiger partial charge in [-0.1, -0.05) is 0 Å². The molecule has 0 spiro atoms. The molecule has 92 valence electrons. The minimum Gasteiger partial charge on any atom is -0.372 e. The van der Waals surface area contributed by atoms with Crippen LogP contribution >= 0.6 is 11.3 Å². The van der Waals surface area contributed by atoms with E-state index in [1.807, 2.05) is 18.4 Å². The lowest BCUT2D eigenvalue weighted by atomic mass is 10.1. The van der Waals surface area contributed by atoms with Gasteiger partial charge in [-0.25, -0.2) is 0 Å². The molecule has 1 heterocycles. The van der Waals surface area contributed by atoms with Gasteiger partial charge in [0.25, 0.3) is 0 Å². The maximum absolute atomic E-state index is 11.8. The fourth-order valence-electron chi connectivity index (χ4n) is 1.22. The summed E-state index contributed by atoms with van der Waals surface area (Å²) in [5.74, 6) is 0. The Bertz CT molecular complexity index is 324. The van der Waals surface area contributed by atoms with Crippen molar-refractivity contribution in [2.45, 2.75) is 25.6 Å². The van der Waals surface area contributed by atoms with Crippen LogP contribution in [-0.2, 0) is 4.74 Å².